The summed E-state index contributed by atoms with van der Waals surface area (Å²) in [7, 11) is 0. The van der Waals surface area contributed by atoms with Crippen molar-refractivity contribution in [2.45, 2.75) is 13.5 Å². The first kappa shape index (κ1) is 17.5. The summed E-state index contributed by atoms with van der Waals surface area (Å²) in [4.78, 5) is 24.1. The molecule has 3 rings (SSSR count). The maximum absolute atomic E-state index is 12.9. The molecule has 0 saturated heterocycles. The number of rotatable bonds is 5. The van der Waals surface area contributed by atoms with Gasteiger partial charge in [0.25, 0.3) is 5.76 Å². The largest absolute Gasteiger partial charge is 0.501 e. The Morgan fingerprint density at radius 2 is 1.92 bits per heavy atom. The first-order valence-corrected chi connectivity index (χ1v) is 7.83. The molecule has 0 amide bonds. The van der Waals surface area contributed by atoms with E-state index in [0.29, 0.717) is 5.75 Å². The van der Waals surface area contributed by atoms with Crippen LogP contribution in [0.3, 0.4) is 0 Å². The van der Waals surface area contributed by atoms with Crippen molar-refractivity contribution in [3.8, 4) is 11.5 Å². The molecule has 1 aromatic heterocycles. The third-order valence-corrected chi connectivity index (χ3v) is 3.62. The normalized spacial score (nSPS) is 10.7. The monoisotopic (exact) mass is 358 g/mol. The molecule has 26 heavy (non-hydrogen) atoms. The van der Waals surface area contributed by atoms with Crippen molar-refractivity contribution in [2.75, 3.05) is 6.61 Å². The van der Waals surface area contributed by atoms with Gasteiger partial charge in [-0.1, -0.05) is 12.1 Å². The molecule has 134 valence electrons. The van der Waals surface area contributed by atoms with Crippen molar-refractivity contribution >= 4 is 16.9 Å². The van der Waals surface area contributed by atoms with Crippen LogP contribution < -0.4 is 10.2 Å². The van der Waals surface area contributed by atoms with Gasteiger partial charge in [0.15, 0.2) is 0 Å². The quantitative estimate of drug-likeness (QED) is 0.704. The van der Waals surface area contributed by atoms with Crippen LogP contribution in [0.1, 0.15) is 23.0 Å². The predicted molar refractivity (Wildman–Crippen MR) is 90.8 cm³/mol. The smallest absolute Gasteiger partial charge is 0.378 e. The number of carbonyl (C=O) groups excluding carboxylic acids is 1. The minimum atomic E-state index is -0.916. The van der Waals surface area contributed by atoms with Crippen LogP contribution >= 0.6 is 0 Å². The van der Waals surface area contributed by atoms with Gasteiger partial charge in [-0.25, -0.2) is 9.18 Å². The van der Waals surface area contributed by atoms with Gasteiger partial charge in [0.2, 0.25) is 11.2 Å². The molecule has 0 radical (unpaired) electrons. The number of hydrogen-bond acceptors (Lipinski definition) is 6. The number of halogens is 1. The lowest BCUT2D eigenvalue weighted by atomic mass is 10.2. The van der Waals surface area contributed by atoms with Gasteiger partial charge >= 0.3 is 5.97 Å². The van der Waals surface area contributed by atoms with Crippen LogP contribution in [0.15, 0.2) is 51.7 Å². The third-order valence-electron chi connectivity index (χ3n) is 3.62. The Morgan fingerprint density at radius 1 is 1.19 bits per heavy atom. The molecule has 1 N–H and O–H groups in total. The fourth-order valence-electron chi connectivity index (χ4n) is 2.34. The number of aromatic hydroxyl groups is 1. The molecule has 6 nitrogen and oxygen atoms in total. The molecule has 0 spiro atoms. The highest BCUT2D eigenvalue weighted by Crippen LogP contribution is 2.25. The molecule has 1 heterocycles. The highest BCUT2D eigenvalue weighted by atomic mass is 19.1. The van der Waals surface area contributed by atoms with Crippen molar-refractivity contribution in [1.29, 1.82) is 0 Å². The van der Waals surface area contributed by atoms with E-state index in [1.807, 2.05) is 0 Å². The molecule has 0 saturated carbocycles. The van der Waals surface area contributed by atoms with Crippen molar-refractivity contribution in [3.63, 3.8) is 0 Å². The van der Waals surface area contributed by atoms with Gasteiger partial charge in [0.05, 0.1) is 12.0 Å². The summed E-state index contributed by atoms with van der Waals surface area (Å²) in [5, 5.41) is 10.00. The summed E-state index contributed by atoms with van der Waals surface area (Å²) in [6, 6.07) is 10.2. The summed E-state index contributed by atoms with van der Waals surface area (Å²) in [6.45, 7) is 1.85. The summed E-state index contributed by atoms with van der Waals surface area (Å²) < 4.78 is 28.5. The molecule has 0 aliphatic carbocycles. The third kappa shape index (κ3) is 3.51. The van der Waals surface area contributed by atoms with Gasteiger partial charge in [0, 0.05) is 0 Å². The van der Waals surface area contributed by atoms with Gasteiger partial charge in [-0.2, -0.15) is 0 Å². The number of hydrogen-bond donors (Lipinski definition) is 1. The Balaban J connectivity index is 1.90. The van der Waals surface area contributed by atoms with Gasteiger partial charge in [0.1, 0.15) is 23.8 Å². The van der Waals surface area contributed by atoms with Crippen molar-refractivity contribution in [1.82, 2.24) is 0 Å². The summed E-state index contributed by atoms with van der Waals surface area (Å²) in [6.07, 6.45) is 0. The van der Waals surface area contributed by atoms with E-state index in [2.05, 4.69) is 0 Å². The van der Waals surface area contributed by atoms with E-state index in [1.165, 1.54) is 24.3 Å². The van der Waals surface area contributed by atoms with Crippen LogP contribution in [0.5, 0.6) is 11.5 Å². The Kier molecular flexibility index (Phi) is 4.88. The zero-order chi connectivity index (χ0) is 18.7. The summed E-state index contributed by atoms with van der Waals surface area (Å²) in [5.74, 6) is -2.25. The van der Waals surface area contributed by atoms with Crippen molar-refractivity contribution in [3.05, 3.63) is 69.8 Å². The first-order valence-electron chi connectivity index (χ1n) is 7.83. The van der Waals surface area contributed by atoms with Crippen LogP contribution in [-0.2, 0) is 11.3 Å². The second kappa shape index (κ2) is 7.26. The van der Waals surface area contributed by atoms with E-state index in [0.717, 1.165) is 5.56 Å². The van der Waals surface area contributed by atoms with Crippen LogP contribution in [0.2, 0.25) is 0 Å². The average Bonchev–Trinajstić information content (AvgIpc) is 2.64. The molecule has 0 aliphatic rings. The number of esters is 1. The number of fused-ring (bicyclic) bond motifs is 1. The lowest BCUT2D eigenvalue weighted by molar-refractivity contribution is 0.0485. The molecular formula is C19H15FO6. The molecular weight excluding hydrogens is 343 g/mol. The van der Waals surface area contributed by atoms with Crippen LogP contribution in [0, 0.1) is 5.82 Å². The fraction of sp³-hybridized carbons (Fsp3) is 0.158. The maximum atomic E-state index is 12.9. The average molecular weight is 358 g/mol. The number of carbonyl (C=O) groups is 1. The fourth-order valence-corrected chi connectivity index (χ4v) is 2.34. The maximum Gasteiger partial charge on any atom is 0.378 e. The lowest BCUT2D eigenvalue weighted by Crippen LogP contribution is -2.11. The summed E-state index contributed by atoms with van der Waals surface area (Å²) in [5.41, 5.74) is 0.102. The van der Waals surface area contributed by atoms with E-state index < -0.39 is 22.9 Å². The van der Waals surface area contributed by atoms with Gasteiger partial charge in [-0.15, -0.1) is 0 Å². The minimum absolute atomic E-state index is 0.0622. The Hall–Kier alpha value is -3.35. The van der Waals surface area contributed by atoms with Gasteiger partial charge < -0.3 is 19.0 Å². The highest BCUT2D eigenvalue weighted by Gasteiger charge is 2.21. The second-order valence-corrected chi connectivity index (χ2v) is 5.40. The molecule has 0 atom stereocenters. The lowest BCUT2D eigenvalue weighted by Gasteiger charge is -2.08. The topological polar surface area (TPSA) is 86.0 Å². The summed E-state index contributed by atoms with van der Waals surface area (Å²) >= 11 is 0. The zero-order valence-corrected chi connectivity index (χ0v) is 13.8. The molecule has 3 aromatic rings. The molecule has 0 bridgehead atoms. The zero-order valence-electron chi connectivity index (χ0n) is 13.8. The molecule has 0 unspecified atom stereocenters. The van der Waals surface area contributed by atoms with Crippen LogP contribution in [0.4, 0.5) is 4.39 Å². The molecule has 0 fully saturated rings. The van der Waals surface area contributed by atoms with E-state index in [-0.39, 0.29) is 30.0 Å². The molecule has 7 heteroatoms. The standard InChI is InChI=1S/C19H15FO6/c1-2-24-19(23)18-17(22)16(21)14-9-13(7-8-15(14)26-18)25-10-11-3-5-12(20)6-4-11/h3-9,22H,2,10H2,1H3. The number of benzene rings is 2. The van der Waals surface area contributed by atoms with Crippen molar-refractivity contribution in [2.24, 2.45) is 0 Å². The Labute approximate surface area is 147 Å². The Morgan fingerprint density at radius 3 is 2.62 bits per heavy atom. The van der Waals surface area contributed by atoms with E-state index in [4.69, 9.17) is 13.9 Å². The van der Waals surface area contributed by atoms with E-state index in [9.17, 15) is 19.1 Å². The molecule has 2 aromatic carbocycles. The predicted octanol–water partition coefficient (Wildman–Crippen LogP) is 3.39. The van der Waals surface area contributed by atoms with Gasteiger partial charge in [-0.3, -0.25) is 4.79 Å². The highest BCUT2D eigenvalue weighted by molar-refractivity contribution is 5.92. The number of ether oxygens (including phenoxy) is 2. The van der Waals surface area contributed by atoms with E-state index >= 15 is 0 Å². The second-order valence-electron chi connectivity index (χ2n) is 5.40. The Bertz CT molecular complexity index is 1010. The molecule has 0 aliphatic heterocycles. The van der Waals surface area contributed by atoms with E-state index in [1.54, 1.807) is 25.1 Å². The van der Waals surface area contributed by atoms with Crippen molar-refractivity contribution < 1.29 is 28.2 Å². The van der Waals surface area contributed by atoms with Crippen LogP contribution in [-0.4, -0.2) is 17.7 Å². The first-order chi connectivity index (χ1) is 12.5. The van der Waals surface area contributed by atoms with Gasteiger partial charge in [-0.05, 0) is 42.8 Å². The SMILES string of the molecule is CCOC(=O)c1oc2ccc(OCc3ccc(F)cc3)cc2c(=O)c1O. The minimum Gasteiger partial charge on any atom is -0.501 e. The van der Waals surface area contributed by atoms with Crippen LogP contribution in [0.25, 0.3) is 11.0 Å².